The summed E-state index contributed by atoms with van der Waals surface area (Å²) < 4.78 is 32.7. The molecule has 512 valence electrons. The standard InChI is InChI=1S/6C12H15NO2.C5H12.2Y/c6*1-8(2)10-7-15-12(13-10)9-5-3-4-6-11(9)14;1-3-5-4-2;;/h6*3-6,8,10,14H,7H2,1-2H3;3-5H2,1-2H3;;/q;;;;;;;2*+3/p-6/t6*10-;;;/m111111.../s1. The zero-order valence-electron chi connectivity index (χ0n) is 58.9. The number of aliphatic imine (C=N–C) groups is 6. The van der Waals surface area contributed by atoms with Crippen LogP contribution >= 0.6 is 0 Å². The molecular formula is C77H96N6O12Y2. The van der Waals surface area contributed by atoms with E-state index in [1.165, 1.54) is 55.7 Å². The van der Waals surface area contributed by atoms with E-state index < -0.39 is 0 Å². The van der Waals surface area contributed by atoms with E-state index in [-0.39, 0.29) is 136 Å². The molecule has 0 bridgehead atoms. The maximum atomic E-state index is 11.5. The molecule has 0 N–H and O–H groups in total. The number of rotatable bonds is 14. The Morgan fingerprint density at radius 2 is 0.402 bits per heavy atom. The molecule has 0 aromatic heterocycles. The quantitative estimate of drug-likeness (QED) is 0.0985. The predicted molar refractivity (Wildman–Crippen MR) is 367 cm³/mol. The van der Waals surface area contributed by atoms with E-state index in [2.05, 4.69) is 127 Å². The first-order valence-corrected chi connectivity index (χ1v) is 33.3. The molecule has 6 aliphatic heterocycles. The Bertz CT molecular complexity index is 2960. The summed E-state index contributed by atoms with van der Waals surface area (Å²) in [7, 11) is 0. The first-order chi connectivity index (χ1) is 45.5. The van der Waals surface area contributed by atoms with Gasteiger partial charge in [-0.15, -0.1) is 0 Å². The molecule has 0 amide bonds. The molecule has 6 atom stereocenters. The Kier molecular flexibility index (Phi) is 35.9. The number of hydrogen-bond donors (Lipinski definition) is 0. The summed E-state index contributed by atoms with van der Waals surface area (Å²) in [5.41, 5.74) is 3.42. The minimum atomic E-state index is -0.0272. The molecule has 18 nitrogen and oxygen atoms in total. The molecular weight excluding hydrogens is 1380 g/mol. The van der Waals surface area contributed by atoms with Crippen molar-refractivity contribution in [3.8, 4) is 34.5 Å². The summed E-state index contributed by atoms with van der Waals surface area (Å²) in [4.78, 5) is 26.5. The first-order valence-electron chi connectivity index (χ1n) is 33.3. The second kappa shape index (κ2) is 42.2. The van der Waals surface area contributed by atoms with Crippen LogP contribution in [-0.4, -0.2) is 111 Å². The molecule has 20 heteroatoms. The molecule has 97 heavy (non-hydrogen) atoms. The van der Waals surface area contributed by atoms with Crippen LogP contribution in [0.25, 0.3) is 0 Å². The van der Waals surface area contributed by atoms with Crippen molar-refractivity contribution in [2.75, 3.05) is 39.6 Å². The van der Waals surface area contributed by atoms with Crippen molar-refractivity contribution >= 4 is 35.4 Å². The average molecular weight is 1480 g/mol. The molecule has 6 aromatic carbocycles. The Labute approximate surface area is 625 Å². The Hall–Kier alpha value is -6.85. The van der Waals surface area contributed by atoms with E-state index >= 15 is 0 Å². The van der Waals surface area contributed by atoms with Crippen LogP contribution in [0.1, 0.15) is 150 Å². The van der Waals surface area contributed by atoms with Crippen LogP contribution in [0.15, 0.2) is 176 Å². The molecule has 0 spiro atoms. The van der Waals surface area contributed by atoms with Gasteiger partial charge in [0.1, 0.15) is 39.6 Å². The second-order valence-corrected chi connectivity index (χ2v) is 25.7. The third-order valence-corrected chi connectivity index (χ3v) is 16.1. The van der Waals surface area contributed by atoms with Gasteiger partial charge in [0.15, 0.2) is 0 Å². The molecule has 0 aliphatic carbocycles. The van der Waals surface area contributed by atoms with E-state index in [1.807, 2.05) is 36.4 Å². The molecule has 12 rings (SSSR count). The topological polar surface area (TPSA) is 268 Å². The molecule has 0 unspecified atom stereocenters. The molecule has 0 saturated heterocycles. The van der Waals surface area contributed by atoms with Gasteiger partial charge in [-0.05, 0) is 35.5 Å². The van der Waals surface area contributed by atoms with Crippen molar-refractivity contribution in [1.82, 2.24) is 0 Å². The van der Waals surface area contributed by atoms with Gasteiger partial charge in [0.05, 0.1) is 36.3 Å². The Morgan fingerprint density at radius 3 is 0.495 bits per heavy atom. The van der Waals surface area contributed by atoms with Gasteiger partial charge in [-0.1, -0.05) is 296 Å². The van der Waals surface area contributed by atoms with Crippen LogP contribution in [-0.2, 0) is 93.8 Å². The van der Waals surface area contributed by atoms with Gasteiger partial charge >= 0.3 is 65.4 Å². The van der Waals surface area contributed by atoms with Gasteiger partial charge in [-0.2, -0.15) is 0 Å². The largest absolute Gasteiger partial charge is 3.00 e. The number of ether oxygens (including phenoxy) is 6. The van der Waals surface area contributed by atoms with Crippen LogP contribution in [0.4, 0.5) is 0 Å². The van der Waals surface area contributed by atoms with E-state index in [9.17, 15) is 30.6 Å². The number of unbranched alkanes of at least 4 members (excludes halogenated alkanes) is 2. The monoisotopic (exact) mass is 1470 g/mol. The summed E-state index contributed by atoms with van der Waals surface area (Å²) >= 11 is 0. The summed E-state index contributed by atoms with van der Waals surface area (Å²) in [6.07, 6.45) is 4.08. The first kappa shape index (κ1) is 82.6. The van der Waals surface area contributed by atoms with Crippen LogP contribution in [0.5, 0.6) is 34.5 Å². The summed E-state index contributed by atoms with van der Waals surface area (Å²) in [6.45, 7) is 33.1. The normalized spacial score (nSPS) is 19.2. The summed E-state index contributed by atoms with van der Waals surface area (Å²) in [5, 5.41) is 69.1. The maximum absolute atomic E-state index is 11.5. The number of benzene rings is 6. The van der Waals surface area contributed by atoms with Crippen LogP contribution in [0, 0.1) is 35.5 Å². The van der Waals surface area contributed by atoms with Crippen molar-refractivity contribution in [3.63, 3.8) is 0 Å². The van der Waals surface area contributed by atoms with E-state index in [1.54, 1.807) is 72.8 Å². The van der Waals surface area contributed by atoms with Gasteiger partial charge in [0.25, 0.3) is 0 Å². The molecule has 6 aliphatic rings. The van der Waals surface area contributed by atoms with Gasteiger partial charge in [-0.3, -0.25) is 0 Å². The Balaban J connectivity index is 0.000000243. The van der Waals surface area contributed by atoms with E-state index in [0.717, 1.165) is 0 Å². The molecule has 6 aromatic rings. The number of para-hydroxylation sites is 6. The van der Waals surface area contributed by atoms with Crippen LogP contribution in [0.3, 0.4) is 0 Å². The van der Waals surface area contributed by atoms with Gasteiger partial charge in [0.2, 0.25) is 35.4 Å². The fourth-order valence-electron chi connectivity index (χ4n) is 9.48. The minimum absolute atomic E-state index is 0. The second-order valence-electron chi connectivity index (χ2n) is 25.7. The van der Waals surface area contributed by atoms with Gasteiger partial charge in [0, 0.05) is 33.4 Å². The fraction of sp³-hybridized carbons (Fsp3) is 0.455. The predicted octanol–water partition coefficient (Wildman–Crippen LogP) is 11.6. The minimum Gasteiger partial charge on any atom is -0.872 e. The zero-order chi connectivity index (χ0) is 69.1. The Morgan fingerprint density at radius 1 is 0.268 bits per heavy atom. The fourth-order valence-corrected chi connectivity index (χ4v) is 9.48. The third-order valence-electron chi connectivity index (χ3n) is 16.1. The van der Waals surface area contributed by atoms with Crippen LogP contribution < -0.4 is 30.6 Å². The van der Waals surface area contributed by atoms with Gasteiger partial charge in [-0.25, -0.2) is 30.0 Å². The molecule has 0 fully saturated rings. The van der Waals surface area contributed by atoms with Crippen molar-refractivity contribution in [3.05, 3.63) is 179 Å². The van der Waals surface area contributed by atoms with Crippen molar-refractivity contribution in [2.24, 2.45) is 65.5 Å². The molecule has 0 saturated carbocycles. The van der Waals surface area contributed by atoms with Gasteiger partial charge < -0.3 is 59.1 Å². The van der Waals surface area contributed by atoms with E-state index in [4.69, 9.17) is 28.4 Å². The summed E-state index contributed by atoms with van der Waals surface area (Å²) in [6, 6.07) is 42.1. The molecule has 0 radical (unpaired) electrons. The van der Waals surface area contributed by atoms with Crippen molar-refractivity contribution in [2.45, 2.75) is 152 Å². The smallest absolute Gasteiger partial charge is 0.872 e. The summed E-state index contributed by atoms with van der Waals surface area (Å²) in [5.74, 6) is 5.51. The zero-order valence-corrected chi connectivity index (χ0v) is 64.6. The van der Waals surface area contributed by atoms with Crippen molar-refractivity contribution < 1.29 is 124 Å². The maximum Gasteiger partial charge on any atom is 3.00 e. The molecule has 6 heterocycles. The third kappa shape index (κ3) is 25.4. The SMILES string of the molecule is CC(C)[C@H]1COC(c2ccccc2[O-])=N1.CC(C)[C@H]1COC(c2ccccc2[O-])=N1.CC(C)[C@H]1COC(c2ccccc2[O-])=N1.CC(C)[C@H]1COC(c2ccccc2[O-])=N1.CC(C)[C@H]1COC(c2ccccc2[O-])=N1.CC(C)[C@H]1COC(c2ccccc2[O-])=N1.CCCCC.[Y+3].[Y+3]. The van der Waals surface area contributed by atoms with Crippen molar-refractivity contribution in [1.29, 1.82) is 0 Å². The number of hydrogen-bond acceptors (Lipinski definition) is 18. The average Bonchev–Trinajstić information content (AvgIpc) is 1.93. The van der Waals surface area contributed by atoms with Crippen LogP contribution in [0.2, 0.25) is 0 Å². The number of nitrogens with zero attached hydrogens (tertiary/aromatic N) is 6. The van der Waals surface area contributed by atoms with E-state index in [0.29, 0.717) is 144 Å².